The summed E-state index contributed by atoms with van der Waals surface area (Å²) in [6.45, 7) is 0. The Morgan fingerprint density at radius 2 is 2.42 bits per heavy atom. The van der Waals surface area contributed by atoms with Crippen LogP contribution < -0.4 is 4.74 Å². The smallest absolute Gasteiger partial charge is 0.339 e. The van der Waals surface area contributed by atoms with Crippen LogP contribution in [0.25, 0.3) is 0 Å². The first-order chi connectivity index (χ1) is 6.49. The first-order valence-corrected chi connectivity index (χ1v) is 3.06. The lowest BCUT2D eigenvalue weighted by Crippen LogP contribution is -2.00. The van der Waals surface area contributed by atoms with E-state index in [0.29, 0.717) is 6.07 Å². The third-order valence-electron chi connectivity index (χ3n) is 1.25. The molecule has 12 heavy (non-hydrogen) atoms. The molecule has 0 radical (unpaired) electrons. The number of rotatable bonds is 2. The maximum Gasteiger partial charge on any atom is 0.339 e. The molecular weight excluding hydrogens is 163 g/mol. The molecule has 0 aromatic heterocycles. The third-order valence-corrected chi connectivity index (χ3v) is 1.25. The highest BCUT2D eigenvalue weighted by Crippen LogP contribution is 2.18. The second-order valence-corrected chi connectivity index (χ2v) is 1.99. The van der Waals surface area contributed by atoms with Crippen molar-refractivity contribution in [1.82, 2.24) is 0 Å². The molecular formula is C8H7FO3. The lowest BCUT2D eigenvalue weighted by atomic mass is 10.2. The molecule has 1 N–H and O–H groups in total. The van der Waals surface area contributed by atoms with Gasteiger partial charge in [-0.15, -0.1) is 0 Å². The van der Waals surface area contributed by atoms with Crippen molar-refractivity contribution in [1.29, 1.82) is 0 Å². The highest BCUT2D eigenvalue weighted by atomic mass is 19.1. The van der Waals surface area contributed by atoms with Crippen molar-refractivity contribution in [3.63, 3.8) is 0 Å². The third kappa shape index (κ3) is 1.53. The molecule has 1 aromatic rings. The van der Waals surface area contributed by atoms with Crippen molar-refractivity contribution in [2.24, 2.45) is 0 Å². The minimum absolute atomic E-state index is 0.302. The van der Waals surface area contributed by atoms with Crippen molar-refractivity contribution < 1.29 is 21.8 Å². The van der Waals surface area contributed by atoms with Crippen LogP contribution in [0.2, 0.25) is 0 Å². The van der Waals surface area contributed by atoms with E-state index in [1.165, 1.54) is 0 Å². The van der Waals surface area contributed by atoms with Crippen LogP contribution in [0.1, 0.15) is 13.1 Å². The zero-order valence-electron chi connectivity index (χ0n) is 8.22. The Balaban J connectivity index is 3.51. The fraction of sp³-hybridized carbons (Fsp3) is 0.125. The van der Waals surface area contributed by atoms with E-state index < -0.39 is 29.4 Å². The summed E-state index contributed by atoms with van der Waals surface area (Å²) < 4.78 is 31.9. The number of hydrogen-bond donors (Lipinski definition) is 1. The Bertz CT molecular complexity index is 393. The maximum absolute atomic E-state index is 12.9. The molecule has 1 rings (SSSR count). The SMILES string of the molecule is [2H]c1c(F)cc(C(=O)O)c(OC)c1[2H]. The van der Waals surface area contributed by atoms with E-state index in [4.69, 9.17) is 7.85 Å². The summed E-state index contributed by atoms with van der Waals surface area (Å²) in [5.41, 5.74) is -0.453. The number of carboxylic acids is 1. The zero-order valence-corrected chi connectivity index (χ0v) is 6.22. The van der Waals surface area contributed by atoms with Crippen LogP contribution in [-0.4, -0.2) is 18.2 Å². The fourth-order valence-electron chi connectivity index (χ4n) is 0.732. The molecule has 0 saturated heterocycles. The molecule has 1 aromatic carbocycles. The van der Waals surface area contributed by atoms with Gasteiger partial charge in [0.1, 0.15) is 17.1 Å². The van der Waals surface area contributed by atoms with E-state index in [1.807, 2.05) is 0 Å². The molecule has 0 heterocycles. The number of ether oxygens (including phenoxy) is 1. The quantitative estimate of drug-likeness (QED) is 0.735. The molecule has 0 fully saturated rings. The highest BCUT2D eigenvalue weighted by molar-refractivity contribution is 5.90. The average Bonchev–Trinajstić information content (AvgIpc) is 2.13. The summed E-state index contributed by atoms with van der Waals surface area (Å²) in [6, 6.07) is -0.571. The standard InChI is InChI=1S/C8H7FO3/c1-12-7-3-2-5(9)4-6(7)8(10)11/h2-4H,1H3,(H,10,11)/i2D,3D. The van der Waals surface area contributed by atoms with Crippen molar-refractivity contribution >= 4 is 5.97 Å². The molecule has 0 saturated carbocycles. The van der Waals surface area contributed by atoms with E-state index in [1.54, 1.807) is 0 Å². The minimum Gasteiger partial charge on any atom is -0.496 e. The van der Waals surface area contributed by atoms with Gasteiger partial charge in [-0.25, -0.2) is 9.18 Å². The molecule has 0 aliphatic carbocycles. The van der Waals surface area contributed by atoms with Crippen LogP contribution in [-0.2, 0) is 0 Å². The number of hydrogen-bond acceptors (Lipinski definition) is 2. The number of methoxy groups -OCH3 is 1. The summed E-state index contributed by atoms with van der Waals surface area (Å²) in [5, 5.41) is 8.65. The van der Waals surface area contributed by atoms with Crippen molar-refractivity contribution in [2.45, 2.75) is 0 Å². The summed E-state index contributed by atoms with van der Waals surface area (Å²) in [5.74, 6) is -2.74. The Kier molecular flexibility index (Phi) is 1.60. The summed E-state index contributed by atoms with van der Waals surface area (Å²) >= 11 is 0. The largest absolute Gasteiger partial charge is 0.496 e. The van der Waals surface area contributed by atoms with Gasteiger partial charge in [-0.2, -0.15) is 0 Å². The number of benzene rings is 1. The first-order valence-electron chi connectivity index (χ1n) is 4.06. The Hall–Kier alpha value is -1.58. The van der Waals surface area contributed by atoms with Gasteiger partial charge in [-0.05, 0) is 18.2 Å². The Labute approximate surface area is 71.2 Å². The van der Waals surface area contributed by atoms with Crippen LogP contribution >= 0.6 is 0 Å². The van der Waals surface area contributed by atoms with Gasteiger partial charge >= 0.3 is 5.97 Å². The molecule has 0 atom stereocenters. The van der Waals surface area contributed by atoms with Gasteiger partial charge in [0.25, 0.3) is 0 Å². The molecule has 4 heteroatoms. The van der Waals surface area contributed by atoms with Gasteiger partial charge in [0.15, 0.2) is 0 Å². The second-order valence-electron chi connectivity index (χ2n) is 1.99. The summed E-state index contributed by atoms with van der Waals surface area (Å²) in [6.07, 6.45) is 0. The van der Waals surface area contributed by atoms with E-state index >= 15 is 0 Å². The number of halogens is 1. The molecule has 0 aliphatic rings. The monoisotopic (exact) mass is 172 g/mol. The second kappa shape index (κ2) is 3.21. The van der Waals surface area contributed by atoms with E-state index in [9.17, 15) is 9.18 Å². The Morgan fingerprint density at radius 1 is 1.75 bits per heavy atom. The molecule has 3 nitrogen and oxygen atoms in total. The van der Waals surface area contributed by atoms with Crippen LogP contribution in [0.3, 0.4) is 0 Å². The van der Waals surface area contributed by atoms with E-state index in [2.05, 4.69) is 4.74 Å². The minimum atomic E-state index is -1.39. The van der Waals surface area contributed by atoms with Gasteiger partial charge in [0.05, 0.1) is 9.85 Å². The predicted octanol–water partition coefficient (Wildman–Crippen LogP) is 1.53. The van der Waals surface area contributed by atoms with Gasteiger partial charge in [0, 0.05) is 0 Å². The molecule has 0 aliphatic heterocycles. The molecule has 64 valence electrons. The number of carboxylic acid groups (broad SMARTS) is 1. The Morgan fingerprint density at radius 3 is 2.92 bits per heavy atom. The van der Waals surface area contributed by atoms with Crippen LogP contribution in [0, 0.1) is 5.82 Å². The topological polar surface area (TPSA) is 46.5 Å². The van der Waals surface area contributed by atoms with Gasteiger partial charge < -0.3 is 9.84 Å². The van der Waals surface area contributed by atoms with Crippen molar-refractivity contribution in [2.75, 3.05) is 7.11 Å². The zero-order chi connectivity index (χ0) is 10.9. The fourth-order valence-corrected chi connectivity index (χ4v) is 0.732. The van der Waals surface area contributed by atoms with Crippen molar-refractivity contribution in [3.05, 3.63) is 29.5 Å². The van der Waals surface area contributed by atoms with Crippen LogP contribution in [0.5, 0.6) is 5.75 Å². The van der Waals surface area contributed by atoms with Gasteiger partial charge in [0.2, 0.25) is 0 Å². The maximum atomic E-state index is 12.9. The lowest BCUT2D eigenvalue weighted by Gasteiger charge is -2.03. The highest BCUT2D eigenvalue weighted by Gasteiger charge is 2.10. The first kappa shape index (κ1) is 5.99. The molecule has 0 bridgehead atoms. The van der Waals surface area contributed by atoms with Crippen molar-refractivity contribution in [3.8, 4) is 5.75 Å². The lowest BCUT2D eigenvalue weighted by molar-refractivity contribution is 0.0692. The summed E-state index contributed by atoms with van der Waals surface area (Å²) in [4.78, 5) is 10.6. The van der Waals surface area contributed by atoms with Crippen LogP contribution in [0.15, 0.2) is 18.2 Å². The van der Waals surface area contributed by atoms with Crippen LogP contribution in [0.4, 0.5) is 4.39 Å². The molecule has 0 amide bonds. The molecule has 0 unspecified atom stereocenters. The predicted molar refractivity (Wildman–Crippen MR) is 39.9 cm³/mol. The van der Waals surface area contributed by atoms with E-state index in [0.717, 1.165) is 7.11 Å². The van der Waals surface area contributed by atoms with Gasteiger partial charge in [-0.1, -0.05) is 0 Å². The summed E-state index contributed by atoms with van der Waals surface area (Å²) in [7, 11) is 1.16. The average molecular weight is 172 g/mol. The molecule has 0 spiro atoms. The van der Waals surface area contributed by atoms with Gasteiger partial charge in [-0.3, -0.25) is 0 Å². The normalized spacial score (nSPS) is 11.8. The van der Waals surface area contributed by atoms with E-state index in [-0.39, 0.29) is 5.75 Å². The number of aromatic carboxylic acids is 1. The number of carbonyl (C=O) groups is 1.